The zero-order chi connectivity index (χ0) is 23.0. The number of hydrogen-bond acceptors (Lipinski definition) is 7. The van der Waals surface area contributed by atoms with Crippen molar-refractivity contribution in [3.8, 4) is 11.4 Å². The number of halogens is 4. The SMILES string of the molecule is CC1CN(c2ncc(F)c(-c3cnc4cnc(C(F)(F)F)cn34)n2)CC(/C(C=[NH2+])=C/N)N1. The van der Waals surface area contributed by atoms with Crippen LogP contribution in [-0.2, 0) is 6.18 Å². The third-order valence-electron chi connectivity index (χ3n) is 5.11. The molecular weight excluding hydrogens is 430 g/mol. The lowest BCUT2D eigenvalue weighted by Gasteiger charge is -2.37. The van der Waals surface area contributed by atoms with Crippen LogP contribution in [0.3, 0.4) is 0 Å². The van der Waals surface area contributed by atoms with Crippen LogP contribution in [0.15, 0.2) is 36.6 Å². The molecular formula is C19H20F4N9+. The lowest BCUT2D eigenvalue weighted by molar-refractivity contribution is -0.141. The van der Waals surface area contributed by atoms with Crippen molar-refractivity contribution in [3.05, 3.63) is 48.1 Å². The third kappa shape index (κ3) is 3.98. The quantitative estimate of drug-likeness (QED) is 0.383. The largest absolute Gasteiger partial charge is 0.434 e. The molecule has 1 aliphatic heterocycles. The van der Waals surface area contributed by atoms with Crippen molar-refractivity contribution in [1.29, 1.82) is 0 Å². The van der Waals surface area contributed by atoms with Gasteiger partial charge in [0.2, 0.25) is 5.95 Å². The molecule has 3 aromatic rings. The normalized spacial score (nSPS) is 20.0. The van der Waals surface area contributed by atoms with E-state index in [-0.39, 0.29) is 35.1 Å². The minimum Gasteiger partial charge on any atom is -0.404 e. The Hall–Kier alpha value is -3.61. The molecule has 2 atom stereocenters. The Morgan fingerprint density at radius 3 is 2.69 bits per heavy atom. The first-order chi connectivity index (χ1) is 15.2. The van der Waals surface area contributed by atoms with Crippen molar-refractivity contribution >= 4 is 17.8 Å². The van der Waals surface area contributed by atoms with Crippen LogP contribution in [0.5, 0.6) is 0 Å². The Kier molecular flexibility index (Phi) is 5.50. The molecule has 0 radical (unpaired) electrons. The number of imidazole rings is 1. The molecule has 0 saturated carbocycles. The Labute approximate surface area is 179 Å². The maximum absolute atomic E-state index is 14.7. The number of piperazine rings is 1. The van der Waals surface area contributed by atoms with Crippen LogP contribution in [-0.4, -0.2) is 55.7 Å². The van der Waals surface area contributed by atoms with Crippen molar-refractivity contribution < 1.29 is 23.0 Å². The molecule has 3 aromatic heterocycles. The second kappa shape index (κ2) is 8.15. The number of nitrogens with two attached hydrogens (primary N) is 2. The topological polar surface area (TPSA) is 123 Å². The van der Waals surface area contributed by atoms with Crippen LogP contribution in [0.1, 0.15) is 12.6 Å². The van der Waals surface area contributed by atoms with E-state index in [4.69, 9.17) is 11.1 Å². The van der Waals surface area contributed by atoms with Gasteiger partial charge in [0.25, 0.3) is 0 Å². The molecule has 4 rings (SSSR count). The van der Waals surface area contributed by atoms with E-state index >= 15 is 0 Å². The molecule has 168 valence electrons. The van der Waals surface area contributed by atoms with Gasteiger partial charge in [-0.3, -0.25) is 9.81 Å². The molecule has 5 N–H and O–H groups in total. The summed E-state index contributed by atoms with van der Waals surface area (Å²) in [6, 6.07) is -0.195. The van der Waals surface area contributed by atoms with E-state index in [0.29, 0.717) is 18.7 Å². The van der Waals surface area contributed by atoms with Gasteiger partial charge < -0.3 is 16.0 Å². The highest BCUT2D eigenvalue weighted by Gasteiger charge is 2.33. The van der Waals surface area contributed by atoms with Gasteiger partial charge in [0.1, 0.15) is 5.69 Å². The van der Waals surface area contributed by atoms with Gasteiger partial charge in [0, 0.05) is 37.1 Å². The van der Waals surface area contributed by atoms with Crippen molar-refractivity contribution in [2.75, 3.05) is 18.0 Å². The Bertz CT molecular complexity index is 1190. The summed E-state index contributed by atoms with van der Waals surface area (Å²) < 4.78 is 55.1. The first kappa shape index (κ1) is 21.6. The number of nitrogens with one attached hydrogen (secondary N) is 1. The number of anilines is 1. The van der Waals surface area contributed by atoms with Gasteiger partial charge in [-0.1, -0.05) is 0 Å². The number of hydrogen-bond donors (Lipinski definition) is 3. The van der Waals surface area contributed by atoms with Gasteiger partial charge >= 0.3 is 6.18 Å². The number of rotatable bonds is 4. The average Bonchev–Trinajstić information content (AvgIpc) is 3.17. The van der Waals surface area contributed by atoms with Crippen LogP contribution in [0.4, 0.5) is 23.5 Å². The third-order valence-corrected chi connectivity index (χ3v) is 5.11. The molecule has 0 amide bonds. The highest BCUT2D eigenvalue weighted by atomic mass is 19.4. The molecule has 0 aromatic carbocycles. The molecule has 1 aliphatic rings. The maximum atomic E-state index is 14.7. The first-order valence-electron chi connectivity index (χ1n) is 9.62. The van der Waals surface area contributed by atoms with Crippen molar-refractivity contribution in [1.82, 2.24) is 29.7 Å². The van der Waals surface area contributed by atoms with Crippen LogP contribution in [0.2, 0.25) is 0 Å². The van der Waals surface area contributed by atoms with Gasteiger partial charge in [-0.2, -0.15) is 13.2 Å². The highest BCUT2D eigenvalue weighted by molar-refractivity contribution is 5.75. The molecule has 1 fully saturated rings. The zero-order valence-corrected chi connectivity index (χ0v) is 16.9. The Morgan fingerprint density at radius 1 is 1.22 bits per heavy atom. The standard InChI is InChI=1S/C19H19F4N9/c1-10-7-31(8-13(29-10)11(2-24)3-25)18-28-4-12(20)17(30-18)14-5-27-16-6-26-15(9-32(14)16)19(21,22)23/h2-6,9-10,13,24,29H,7-8,25H2,1H3/p+1/b11-3+,24-2?. The zero-order valence-electron chi connectivity index (χ0n) is 16.9. The second-order valence-electron chi connectivity index (χ2n) is 7.37. The molecule has 4 heterocycles. The highest BCUT2D eigenvalue weighted by Crippen LogP contribution is 2.30. The summed E-state index contributed by atoms with van der Waals surface area (Å²) >= 11 is 0. The second-order valence-corrected chi connectivity index (χ2v) is 7.37. The first-order valence-corrected chi connectivity index (χ1v) is 9.62. The van der Waals surface area contributed by atoms with Crippen molar-refractivity contribution in [2.45, 2.75) is 25.2 Å². The molecule has 9 nitrogen and oxygen atoms in total. The summed E-state index contributed by atoms with van der Waals surface area (Å²) in [5, 5.41) is 9.00. The lowest BCUT2D eigenvalue weighted by Crippen LogP contribution is -2.57. The van der Waals surface area contributed by atoms with Crippen molar-refractivity contribution in [2.24, 2.45) is 5.73 Å². The average molecular weight is 450 g/mol. The van der Waals surface area contributed by atoms with E-state index in [0.717, 1.165) is 23.0 Å². The fourth-order valence-corrected chi connectivity index (χ4v) is 3.63. The van der Waals surface area contributed by atoms with E-state index in [1.807, 2.05) is 11.8 Å². The fourth-order valence-electron chi connectivity index (χ4n) is 3.63. The monoisotopic (exact) mass is 450 g/mol. The number of aromatic nitrogens is 5. The summed E-state index contributed by atoms with van der Waals surface area (Å²) in [6.45, 7) is 2.87. The van der Waals surface area contributed by atoms with Crippen LogP contribution in [0, 0.1) is 5.82 Å². The van der Waals surface area contributed by atoms with Crippen LogP contribution in [0.25, 0.3) is 17.0 Å². The fraction of sp³-hybridized carbons (Fsp3) is 0.316. The lowest BCUT2D eigenvalue weighted by atomic mass is 10.0. The predicted molar refractivity (Wildman–Crippen MR) is 108 cm³/mol. The summed E-state index contributed by atoms with van der Waals surface area (Å²) in [6.07, 6.45) is 2.10. The minimum atomic E-state index is -4.66. The van der Waals surface area contributed by atoms with E-state index in [1.54, 1.807) is 0 Å². The van der Waals surface area contributed by atoms with Crippen LogP contribution >= 0.6 is 0 Å². The van der Waals surface area contributed by atoms with E-state index < -0.39 is 17.7 Å². The van der Waals surface area contributed by atoms with E-state index in [2.05, 4.69) is 25.3 Å². The van der Waals surface area contributed by atoms with Crippen molar-refractivity contribution in [3.63, 3.8) is 0 Å². The Morgan fingerprint density at radius 2 is 2.00 bits per heavy atom. The van der Waals surface area contributed by atoms with E-state index in [1.165, 1.54) is 18.6 Å². The van der Waals surface area contributed by atoms with Gasteiger partial charge in [-0.25, -0.2) is 24.3 Å². The summed E-state index contributed by atoms with van der Waals surface area (Å²) in [4.78, 5) is 17.6. The van der Waals surface area contributed by atoms with Gasteiger partial charge in [0.15, 0.2) is 23.4 Å². The number of alkyl halides is 3. The molecule has 32 heavy (non-hydrogen) atoms. The summed E-state index contributed by atoms with van der Waals surface area (Å²) in [5.41, 5.74) is 5.19. The molecule has 13 heteroatoms. The molecule has 2 unspecified atom stereocenters. The number of nitrogens with zero attached hydrogens (tertiary/aromatic N) is 6. The smallest absolute Gasteiger partial charge is 0.404 e. The maximum Gasteiger partial charge on any atom is 0.434 e. The van der Waals surface area contributed by atoms with Crippen LogP contribution < -0.4 is 21.4 Å². The van der Waals surface area contributed by atoms with Gasteiger partial charge in [0.05, 0.1) is 30.3 Å². The molecule has 0 aliphatic carbocycles. The van der Waals surface area contributed by atoms with Gasteiger partial charge in [-0.05, 0) is 6.92 Å². The summed E-state index contributed by atoms with van der Waals surface area (Å²) in [7, 11) is 0. The summed E-state index contributed by atoms with van der Waals surface area (Å²) in [5.74, 6) is -0.577. The Balaban J connectivity index is 1.75. The van der Waals surface area contributed by atoms with Gasteiger partial charge in [-0.15, -0.1) is 0 Å². The minimum absolute atomic E-state index is 0.0111. The van der Waals surface area contributed by atoms with E-state index in [9.17, 15) is 17.6 Å². The number of fused-ring (bicyclic) bond motifs is 1. The molecule has 0 bridgehead atoms. The predicted octanol–water partition coefficient (Wildman–Crippen LogP) is 0.183. The molecule has 0 spiro atoms. The molecule has 1 saturated heterocycles.